The van der Waals surface area contributed by atoms with Crippen molar-refractivity contribution in [1.29, 1.82) is 0 Å². The van der Waals surface area contributed by atoms with Crippen LogP contribution in [-0.4, -0.2) is 30.4 Å². The third-order valence-corrected chi connectivity index (χ3v) is 7.43. The van der Waals surface area contributed by atoms with Crippen LogP contribution in [0.15, 0.2) is 47.6 Å². The Labute approximate surface area is 181 Å². The number of benzene rings is 1. The van der Waals surface area contributed by atoms with Crippen LogP contribution >= 0.6 is 0 Å². The zero-order valence-electron chi connectivity index (χ0n) is 17.5. The first-order valence-corrected chi connectivity index (χ1v) is 12.1. The van der Waals surface area contributed by atoms with Gasteiger partial charge in [0.25, 0.3) is 10.0 Å². The third-order valence-electron chi connectivity index (χ3n) is 6.04. The number of aromatic nitrogens is 2. The van der Waals surface area contributed by atoms with Crippen molar-refractivity contribution >= 4 is 26.8 Å². The molecule has 0 radical (unpaired) electrons. The van der Waals surface area contributed by atoms with Crippen molar-refractivity contribution in [2.75, 3.05) is 0 Å². The van der Waals surface area contributed by atoms with Crippen molar-refractivity contribution in [3.05, 3.63) is 53.9 Å². The fraction of sp³-hybridized carbons (Fsp3) is 0.391. The molecule has 2 heterocycles. The van der Waals surface area contributed by atoms with Gasteiger partial charge in [0.15, 0.2) is 0 Å². The Bertz CT molecular complexity index is 1270. The minimum absolute atomic E-state index is 0.0823. The number of hydrogen-bond donors (Lipinski definition) is 2. The van der Waals surface area contributed by atoms with Gasteiger partial charge in [-0.05, 0) is 75.3 Å². The van der Waals surface area contributed by atoms with Gasteiger partial charge < -0.3 is 9.72 Å². The van der Waals surface area contributed by atoms with Gasteiger partial charge in [-0.25, -0.2) is 18.1 Å². The maximum atomic E-state index is 13.3. The van der Waals surface area contributed by atoms with E-state index < -0.39 is 21.3 Å². The molecule has 3 aromatic rings. The lowest BCUT2D eigenvalue weighted by atomic mass is 9.94. The second kappa shape index (κ2) is 7.09. The van der Waals surface area contributed by atoms with Crippen LogP contribution in [0, 0.1) is 0 Å². The predicted octanol–water partition coefficient (Wildman–Crippen LogP) is 3.76. The number of aromatic amines is 1. The lowest BCUT2D eigenvalue weighted by Gasteiger charge is -2.21. The minimum Gasteiger partial charge on any atom is -0.475 e. The maximum Gasteiger partial charge on any atom is 0.264 e. The van der Waals surface area contributed by atoms with Crippen molar-refractivity contribution in [3.63, 3.8) is 0 Å². The van der Waals surface area contributed by atoms with E-state index in [0.717, 1.165) is 18.4 Å². The minimum atomic E-state index is -4.04. The second-order valence-electron chi connectivity index (χ2n) is 8.77. The number of hydrogen-bond acceptors (Lipinski definition) is 5. The normalized spacial score (nSPS) is 17.6. The highest BCUT2D eigenvalue weighted by atomic mass is 32.2. The molecule has 1 amide bonds. The molecule has 7 nitrogen and oxygen atoms in total. The summed E-state index contributed by atoms with van der Waals surface area (Å²) in [7, 11) is -4.04. The van der Waals surface area contributed by atoms with Gasteiger partial charge in [0.05, 0.1) is 16.4 Å². The molecule has 0 bridgehead atoms. The molecule has 2 aliphatic carbocycles. The summed E-state index contributed by atoms with van der Waals surface area (Å²) >= 11 is 0. The van der Waals surface area contributed by atoms with Crippen LogP contribution in [-0.2, 0) is 20.2 Å². The summed E-state index contributed by atoms with van der Waals surface area (Å²) in [6, 6.07) is 8.65. The van der Waals surface area contributed by atoms with Crippen LogP contribution in [0.1, 0.15) is 56.6 Å². The number of fused-ring (bicyclic) bond motifs is 1. The number of amides is 1. The smallest absolute Gasteiger partial charge is 0.264 e. The SMILES string of the molecule is CC(C)Oc1ncc(C2CC2)cc1C1(C(=O)NS(=O)(=O)c2cccc3[nH]ccc23)CC1. The van der Waals surface area contributed by atoms with Crippen LogP contribution in [0.25, 0.3) is 10.9 Å². The van der Waals surface area contributed by atoms with Gasteiger partial charge in [-0.1, -0.05) is 6.07 Å². The van der Waals surface area contributed by atoms with Crippen LogP contribution in [0.4, 0.5) is 0 Å². The topological polar surface area (TPSA) is 101 Å². The standard InChI is InChI=1S/C23H25N3O4S/c1-14(2)30-21-18(12-16(13-25-21)15-6-7-15)23(9-10-23)22(27)26-31(28,29)20-5-3-4-19-17(20)8-11-24-19/h3-5,8,11-15,24H,6-7,9-10H2,1-2H3,(H,26,27). The highest BCUT2D eigenvalue weighted by Gasteiger charge is 2.55. The molecule has 8 heteroatoms. The highest BCUT2D eigenvalue weighted by molar-refractivity contribution is 7.90. The van der Waals surface area contributed by atoms with Gasteiger partial charge in [0.2, 0.25) is 11.8 Å². The lowest BCUT2D eigenvalue weighted by molar-refractivity contribution is -0.121. The Morgan fingerprint density at radius 3 is 2.71 bits per heavy atom. The van der Waals surface area contributed by atoms with Gasteiger partial charge in [-0.3, -0.25) is 4.79 Å². The molecule has 0 atom stereocenters. The van der Waals surface area contributed by atoms with E-state index in [1.54, 1.807) is 24.4 Å². The molecule has 0 unspecified atom stereocenters. The number of nitrogens with one attached hydrogen (secondary N) is 2. The number of ether oxygens (including phenoxy) is 1. The van der Waals surface area contributed by atoms with Crippen molar-refractivity contribution in [2.45, 2.75) is 61.9 Å². The molecule has 0 aliphatic heterocycles. The number of rotatable bonds is 7. The van der Waals surface area contributed by atoms with E-state index in [-0.39, 0.29) is 11.0 Å². The number of carbonyl (C=O) groups is 1. The molecule has 0 saturated heterocycles. The first-order valence-electron chi connectivity index (χ1n) is 10.6. The Kier molecular flexibility index (Phi) is 4.58. The summed E-state index contributed by atoms with van der Waals surface area (Å²) < 4.78 is 34.5. The average Bonchev–Trinajstić information content (AvgIpc) is 3.64. The Hall–Kier alpha value is -2.87. The molecule has 1 aromatic carbocycles. The van der Waals surface area contributed by atoms with Crippen molar-refractivity contribution < 1.29 is 17.9 Å². The fourth-order valence-corrected chi connectivity index (χ4v) is 5.35. The average molecular weight is 440 g/mol. The Morgan fingerprint density at radius 2 is 2.03 bits per heavy atom. The Morgan fingerprint density at radius 1 is 1.26 bits per heavy atom. The van der Waals surface area contributed by atoms with Gasteiger partial charge >= 0.3 is 0 Å². The summed E-state index contributed by atoms with van der Waals surface area (Å²) in [6.45, 7) is 3.81. The van der Waals surface area contributed by atoms with E-state index in [1.807, 2.05) is 26.1 Å². The number of H-pyrrole nitrogens is 1. The molecular formula is C23H25N3O4S. The number of pyridine rings is 1. The van der Waals surface area contributed by atoms with Gasteiger partial charge in [-0.15, -0.1) is 0 Å². The first-order chi connectivity index (χ1) is 14.8. The largest absolute Gasteiger partial charge is 0.475 e. The maximum absolute atomic E-state index is 13.3. The van der Waals surface area contributed by atoms with Crippen LogP contribution < -0.4 is 9.46 Å². The zero-order chi connectivity index (χ0) is 21.8. The first kappa shape index (κ1) is 20.1. The number of sulfonamides is 1. The highest BCUT2D eigenvalue weighted by Crippen LogP contribution is 2.53. The third kappa shape index (κ3) is 3.59. The zero-order valence-corrected chi connectivity index (χ0v) is 18.3. The summed E-state index contributed by atoms with van der Waals surface area (Å²) in [5.74, 6) is 0.355. The lowest BCUT2D eigenvalue weighted by Crippen LogP contribution is -2.39. The van der Waals surface area contributed by atoms with Crippen molar-refractivity contribution in [1.82, 2.24) is 14.7 Å². The van der Waals surface area contributed by atoms with E-state index in [9.17, 15) is 13.2 Å². The van der Waals surface area contributed by atoms with E-state index in [2.05, 4.69) is 14.7 Å². The molecule has 2 fully saturated rings. The monoisotopic (exact) mass is 439 g/mol. The van der Waals surface area contributed by atoms with Gasteiger partial charge in [-0.2, -0.15) is 0 Å². The van der Waals surface area contributed by atoms with E-state index in [4.69, 9.17) is 4.74 Å². The molecule has 162 valence electrons. The molecule has 2 aromatic heterocycles. The summed E-state index contributed by atoms with van der Waals surface area (Å²) in [4.78, 5) is 20.9. The number of nitrogens with zero attached hydrogens (tertiary/aromatic N) is 1. The second-order valence-corrected chi connectivity index (χ2v) is 10.4. The molecule has 0 spiro atoms. The summed E-state index contributed by atoms with van der Waals surface area (Å²) in [5.41, 5.74) is 1.55. The Balaban J connectivity index is 1.49. The molecule has 2 saturated carbocycles. The molecule has 5 rings (SSSR count). The van der Waals surface area contributed by atoms with E-state index in [0.29, 0.717) is 41.1 Å². The number of carbonyl (C=O) groups excluding carboxylic acids is 1. The summed E-state index contributed by atoms with van der Waals surface area (Å²) in [6.07, 6.45) is 6.74. The molecule has 2 aliphatic rings. The van der Waals surface area contributed by atoms with E-state index >= 15 is 0 Å². The van der Waals surface area contributed by atoms with Crippen LogP contribution in [0.3, 0.4) is 0 Å². The molecular weight excluding hydrogens is 414 g/mol. The van der Waals surface area contributed by atoms with Crippen molar-refractivity contribution in [3.8, 4) is 5.88 Å². The van der Waals surface area contributed by atoms with Crippen LogP contribution in [0.2, 0.25) is 0 Å². The van der Waals surface area contributed by atoms with Crippen molar-refractivity contribution in [2.24, 2.45) is 0 Å². The molecule has 31 heavy (non-hydrogen) atoms. The summed E-state index contributed by atoms with van der Waals surface area (Å²) in [5, 5.41) is 0.550. The predicted molar refractivity (Wildman–Crippen MR) is 117 cm³/mol. The van der Waals surface area contributed by atoms with Gasteiger partial charge in [0.1, 0.15) is 0 Å². The molecule has 2 N–H and O–H groups in total. The fourth-order valence-electron chi connectivity index (χ4n) is 4.08. The van der Waals surface area contributed by atoms with E-state index in [1.165, 1.54) is 6.07 Å². The van der Waals surface area contributed by atoms with Crippen LogP contribution in [0.5, 0.6) is 5.88 Å². The quantitative estimate of drug-likeness (QED) is 0.584. The van der Waals surface area contributed by atoms with Gasteiger partial charge in [0, 0.05) is 28.9 Å².